The maximum atomic E-state index is 7.41. The summed E-state index contributed by atoms with van der Waals surface area (Å²) in [7, 11) is -2.40. The smallest absolute Gasteiger partial charge is 0.161 e. The Labute approximate surface area is 152 Å². The molecule has 0 aliphatic carbocycles. The van der Waals surface area contributed by atoms with Crippen molar-refractivity contribution in [3.05, 3.63) is 47.5 Å². The van der Waals surface area contributed by atoms with Crippen LogP contribution in [0.4, 0.5) is 0 Å². The number of methoxy groups -OCH3 is 4. The van der Waals surface area contributed by atoms with Gasteiger partial charge in [0, 0.05) is 5.92 Å². The molecule has 2 aromatic rings. The molecule has 24 heavy (non-hydrogen) atoms. The number of hydrogen-bond acceptors (Lipinski definition) is 4. The molecule has 0 bridgehead atoms. The summed E-state index contributed by atoms with van der Waals surface area (Å²) in [6, 6.07) is 10.2. The van der Waals surface area contributed by atoms with Gasteiger partial charge in [-0.25, -0.2) is 0 Å². The van der Waals surface area contributed by atoms with E-state index in [1.807, 2.05) is 26.0 Å². The van der Waals surface area contributed by atoms with E-state index in [0.29, 0.717) is 11.5 Å². The minimum absolute atomic E-state index is 0.123. The second kappa shape index (κ2) is 7.95. The summed E-state index contributed by atoms with van der Waals surface area (Å²) in [5, 5.41) is 0. The van der Waals surface area contributed by atoms with Crippen molar-refractivity contribution < 1.29 is 27.2 Å². The molecule has 0 aromatic heterocycles. The average molecular weight is 336 g/mol. The van der Waals surface area contributed by atoms with Crippen molar-refractivity contribution in [1.29, 1.82) is 0 Å². The molecule has 0 aliphatic heterocycles. The molecule has 0 spiro atoms. The fraction of sp³-hybridized carbons (Fsp3) is 0.400. The molecule has 0 N–H and O–H groups in total. The van der Waals surface area contributed by atoms with E-state index in [0.717, 1.165) is 11.1 Å². The highest BCUT2D eigenvalue weighted by atomic mass is 16.5. The van der Waals surface area contributed by atoms with Crippen molar-refractivity contribution in [1.82, 2.24) is 0 Å². The van der Waals surface area contributed by atoms with Crippen LogP contribution in [0.5, 0.6) is 23.0 Å². The number of benzene rings is 2. The van der Waals surface area contributed by atoms with Crippen LogP contribution in [0.25, 0.3) is 0 Å². The summed E-state index contributed by atoms with van der Waals surface area (Å²) in [6.45, 7) is 4.05. The molecular formula is C20H26O4. The molecule has 4 nitrogen and oxygen atoms in total. The Balaban J connectivity index is 2.56. The number of rotatable bonds is 7. The Hall–Kier alpha value is -2.36. The molecule has 4 heteroatoms. The van der Waals surface area contributed by atoms with E-state index in [1.54, 1.807) is 26.4 Å². The third-order valence-electron chi connectivity index (χ3n) is 3.98. The molecule has 1 atom stereocenters. The maximum Gasteiger partial charge on any atom is 0.161 e. The molecule has 2 rings (SSSR count). The lowest BCUT2D eigenvalue weighted by atomic mass is 9.82. The second-order valence-electron chi connectivity index (χ2n) is 5.75. The third kappa shape index (κ3) is 3.58. The van der Waals surface area contributed by atoms with Crippen molar-refractivity contribution in [2.24, 2.45) is 5.92 Å². The van der Waals surface area contributed by atoms with E-state index in [1.165, 1.54) is 12.1 Å². The van der Waals surface area contributed by atoms with E-state index < -0.39 is 14.1 Å². The van der Waals surface area contributed by atoms with Gasteiger partial charge in [-0.05, 0) is 41.3 Å². The van der Waals surface area contributed by atoms with E-state index in [-0.39, 0.29) is 23.3 Å². The van der Waals surface area contributed by atoms with Crippen molar-refractivity contribution in [3.63, 3.8) is 0 Å². The first kappa shape index (κ1) is 11.2. The van der Waals surface area contributed by atoms with Crippen molar-refractivity contribution in [3.8, 4) is 23.0 Å². The van der Waals surface area contributed by atoms with Gasteiger partial charge >= 0.3 is 0 Å². The fourth-order valence-electron chi connectivity index (χ4n) is 2.89. The van der Waals surface area contributed by atoms with Gasteiger partial charge in [0.1, 0.15) is 0 Å². The van der Waals surface area contributed by atoms with Crippen LogP contribution in [-0.4, -0.2) is 28.3 Å². The molecule has 130 valence electrons. The summed E-state index contributed by atoms with van der Waals surface area (Å²) in [5.41, 5.74) is 1.67. The zero-order valence-corrected chi connectivity index (χ0v) is 14.3. The van der Waals surface area contributed by atoms with Gasteiger partial charge in [0.2, 0.25) is 0 Å². The summed E-state index contributed by atoms with van der Waals surface area (Å²) in [5.74, 6) is 0.821. The van der Waals surface area contributed by atoms with Gasteiger partial charge in [-0.3, -0.25) is 0 Å². The maximum absolute atomic E-state index is 7.41. The van der Waals surface area contributed by atoms with Crippen LogP contribution in [0.15, 0.2) is 36.4 Å². The molecular weight excluding hydrogens is 304 g/mol. The summed E-state index contributed by atoms with van der Waals surface area (Å²) < 4.78 is 64.8. The zero-order valence-electron chi connectivity index (χ0n) is 20.3. The standard InChI is InChI=1S/C20H26O4/c1-13(2)20(14-7-9-16(21-3)18(11-14)23-5)15-8-10-17(22-4)19(12-15)24-6/h7-13,20H,1-6H3/i3D3,5D3. The number of ether oxygens (including phenoxy) is 4. The summed E-state index contributed by atoms with van der Waals surface area (Å²) in [4.78, 5) is 0. The van der Waals surface area contributed by atoms with Crippen LogP contribution in [0.2, 0.25) is 0 Å². The summed E-state index contributed by atoms with van der Waals surface area (Å²) in [6.07, 6.45) is 0. The molecule has 0 saturated carbocycles. The van der Waals surface area contributed by atoms with Crippen LogP contribution < -0.4 is 18.9 Å². The summed E-state index contributed by atoms with van der Waals surface area (Å²) >= 11 is 0. The van der Waals surface area contributed by atoms with Crippen LogP contribution >= 0.6 is 0 Å². The van der Waals surface area contributed by atoms with E-state index in [9.17, 15) is 0 Å². The van der Waals surface area contributed by atoms with Crippen molar-refractivity contribution in [2.45, 2.75) is 19.8 Å². The van der Waals surface area contributed by atoms with Gasteiger partial charge in [0.05, 0.1) is 36.5 Å². The Morgan fingerprint density at radius 1 is 0.708 bits per heavy atom. The average Bonchev–Trinajstić information content (AvgIpc) is 2.61. The normalized spacial score (nSPS) is 16.7. The van der Waals surface area contributed by atoms with Crippen molar-refractivity contribution >= 4 is 0 Å². The third-order valence-corrected chi connectivity index (χ3v) is 3.98. The SMILES string of the molecule is [2H]C([2H])([2H])Oc1ccc(C(c2ccc(OC)c(OC)c2)C(C)C)cc1OC([2H])([2H])[2H]. The molecule has 0 heterocycles. The van der Waals surface area contributed by atoms with E-state index >= 15 is 0 Å². The lowest BCUT2D eigenvalue weighted by Crippen LogP contribution is -2.09. The molecule has 0 fully saturated rings. The first-order valence-corrected chi connectivity index (χ1v) is 7.58. The minimum Gasteiger partial charge on any atom is -0.493 e. The predicted octanol–water partition coefficient (Wildman–Crippen LogP) is 4.51. The molecule has 2 aromatic carbocycles. The van der Waals surface area contributed by atoms with Crippen LogP contribution in [-0.2, 0) is 0 Å². The molecule has 0 radical (unpaired) electrons. The molecule has 0 amide bonds. The highest BCUT2D eigenvalue weighted by Crippen LogP contribution is 2.39. The topological polar surface area (TPSA) is 36.9 Å². The van der Waals surface area contributed by atoms with E-state index in [4.69, 9.17) is 27.2 Å². The van der Waals surface area contributed by atoms with Crippen LogP contribution in [0.3, 0.4) is 0 Å². The Morgan fingerprint density at radius 2 is 1.17 bits per heavy atom. The fourth-order valence-corrected chi connectivity index (χ4v) is 2.89. The van der Waals surface area contributed by atoms with Gasteiger partial charge in [-0.15, -0.1) is 0 Å². The molecule has 1 unspecified atom stereocenters. The van der Waals surface area contributed by atoms with Crippen LogP contribution in [0.1, 0.15) is 39.1 Å². The highest BCUT2D eigenvalue weighted by molar-refractivity contribution is 5.49. The van der Waals surface area contributed by atoms with Gasteiger partial charge < -0.3 is 18.9 Å². The molecule has 0 aliphatic rings. The Kier molecular flexibility index (Phi) is 3.72. The molecule has 0 saturated heterocycles. The first-order chi connectivity index (χ1) is 13.8. The first-order valence-electron chi connectivity index (χ1n) is 10.6. The zero-order chi connectivity index (χ0) is 22.7. The van der Waals surface area contributed by atoms with E-state index in [2.05, 4.69) is 0 Å². The Bertz CT molecular complexity index is 861. The number of hydrogen-bond donors (Lipinski definition) is 0. The van der Waals surface area contributed by atoms with Gasteiger partial charge in [0.25, 0.3) is 0 Å². The minimum atomic E-state index is -2.76. The lowest BCUT2D eigenvalue weighted by Gasteiger charge is -2.24. The van der Waals surface area contributed by atoms with Gasteiger partial charge in [0.15, 0.2) is 23.0 Å². The second-order valence-corrected chi connectivity index (χ2v) is 5.75. The lowest BCUT2D eigenvalue weighted by molar-refractivity contribution is 0.353. The largest absolute Gasteiger partial charge is 0.493 e. The highest BCUT2D eigenvalue weighted by Gasteiger charge is 2.21. The van der Waals surface area contributed by atoms with Gasteiger partial charge in [-0.2, -0.15) is 0 Å². The predicted molar refractivity (Wildman–Crippen MR) is 95.8 cm³/mol. The Morgan fingerprint density at radius 3 is 1.62 bits per heavy atom. The monoisotopic (exact) mass is 336 g/mol. The quantitative estimate of drug-likeness (QED) is 0.745. The van der Waals surface area contributed by atoms with Gasteiger partial charge in [-0.1, -0.05) is 26.0 Å². The van der Waals surface area contributed by atoms with Crippen molar-refractivity contribution in [2.75, 3.05) is 28.3 Å². The van der Waals surface area contributed by atoms with Crippen LogP contribution in [0, 0.1) is 5.92 Å².